The van der Waals surface area contributed by atoms with Crippen LogP contribution >= 0.6 is 12.4 Å². The van der Waals surface area contributed by atoms with Crippen molar-refractivity contribution in [3.63, 3.8) is 0 Å². The van der Waals surface area contributed by atoms with Gasteiger partial charge in [0, 0.05) is 24.6 Å². The van der Waals surface area contributed by atoms with E-state index >= 15 is 0 Å². The van der Waals surface area contributed by atoms with E-state index in [-0.39, 0.29) is 23.7 Å². The zero-order chi connectivity index (χ0) is 16.7. The Labute approximate surface area is 149 Å². The van der Waals surface area contributed by atoms with Crippen molar-refractivity contribution in [2.24, 2.45) is 5.41 Å². The number of nitrogens with one attached hydrogen (secondary N) is 2. The third-order valence-corrected chi connectivity index (χ3v) is 4.38. The number of piperidine rings is 1. The van der Waals surface area contributed by atoms with E-state index in [2.05, 4.69) is 10.6 Å². The van der Waals surface area contributed by atoms with Crippen molar-refractivity contribution in [2.45, 2.75) is 12.8 Å². The molecule has 1 fully saturated rings. The van der Waals surface area contributed by atoms with E-state index in [1.54, 1.807) is 39.5 Å². The van der Waals surface area contributed by atoms with Gasteiger partial charge in [0.2, 0.25) is 0 Å². The van der Waals surface area contributed by atoms with E-state index in [1.165, 1.54) is 0 Å². The molecule has 2 N–H and O–H groups in total. The summed E-state index contributed by atoms with van der Waals surface area (Å²) in [5.74, 6) is 1.05. The number of carbonyl (C=O) groups excluding carboxylic acids is 1. The Kier molecular flexibility index (Phi) is 8.31. The molecule has 0 atom stereocenters. The van der Waals surface area contributed by atoms with Crippen LogP contribution in [0.3, 0.4) is 0 Å². The minimum Gasteiger partial charge on any atom is -0.493 e. The lowest BCUT2D eigenvalue weighted by Gasteiger charge is -2.37. The molecule has 1 aliphatic heterocycles. The highest BCUT2D eigenvalue weighted by Crippen LogP contribution is 2.29. The van der Waals surface area contributed by atoms with Gasteiger partial charge in [-0.05, 0) is 44.1 Å². The molecule has 0 aromatic heterocycles. The van der Waals surface area contributed by atoms with Gasteiger partial charge in [0.15, 0.2) is 11.5 Å². The summed E-state index contributed by atoms with van der Waals surface area (Å²) in [6.45, 7) is 3.17. The molecule has 0 saturated carbocycles. The molecule has 24 heavy (non-hydrogen) atoms. The molecule has 0 unspecified atom stereocenters. The third-order valence-electron chi connectivity index (χ3n) is 4.38. The summed E-state index contributed by atoms with van der Waals surface area (Å²) in [4.78, 5) is 12.4. The molecule has 1 heterocycles. The normalized spacial score (nSPS) is 16.0. The van der Waals surface area contributed by atoms with Crippen LogP contribution in [0.2, 0.25) is 0 Å². The number of rotatable bonds is 7. The number of carbonyl (C=O) groups is 1. The maximum absolute atomic E-state index is 12.4. The van der Waals surface area contributed by atoms with Gasteiger partial charge in [-0.15, -0.1) is 12.4 Å². The van der Waals surface area contributed by atoms with E-state index in [9.17, 15) is 4.79 Å². The number of hydrogen-bond acceptors (Lipinski definition) is 5. The lowest BCUT2D eigenvalue weighted by Crippen LogP contribution is -2.47. The van der Waals surface area contributed by atoms with Gasteiger partial charge in [-0.1, -0.05) is 0 Å². The Hall–Kier alpha value is -1.50. The second kappa shape index (κ2) is 9.71. The Morgan fingerprint density at radius 1 is 1.17 bits per heavy atom. The Balaban J connectivity index is 0.00000288. The van der Waals surface area contributed by atoms with E-state index in [4.69, 9.17) is 14.2 Å². The molecule has 0 bridgehead atoms. The van der Waals surface area contributed by atoms with Gasteiger partial charge in [0.25, 0.3) is 5.91 Å². The molecule has 0 aliphatic carbocycles. The maximum atomic E-state index is 12.4. The second-order valence-corrected chi connectivity index (χ2v) is 5.94. The van der Waals surface area contributed by atoms with Crippen molar-refractivity contribution >= 4 is 18.3 Å². The SMILES string of the molecule is COCC1(CNC(=O)c2ccc(OC)c(OC)c2)CCNCC1.Cl. The maximum Gasteiger partial charge on any atom is 0.251 e. The van der Waals surface area contributed by atoms with Crippen LogP contribution in [-0.4, -0.2) is 53.5 Å². The molecular formula is C17H27ClN2O4. The topological polar surface area (TPSA) is 68.8 Å². The smallest absolute Gasteiger partial charge is 0.251 e. The Bertz CT molecular complexity index is 528. The van der Waals surface area contributed by atoms with Gasteiger partial charge >= 0.3 is 0 Å². The van der Waals surface area contributed by atoms with Crippen molar-refractivity contribution in [3.05, 3.63) is 23.8 Å². The van der Waals surface area contributed by atoms with Crippen LogP contribution in [0.1, 0.15) is 23.2 Å². The number of hydrogen-bond donors (Lipinski definition) is 2. The number of halogens is 1. The highest BCUT2D eigenvalue weighted by molar-refractivity contribution is 5.94. The lowest BCUT2D eigenvalue weighted by molar-refractivity contribution is 0.0511. The fraction of sp³-hybridized carbons (Fsp3) is 0.588. The van der Waals surface area contributed by atoms with Crippen molar-refractivity contribution in [3.8, 4) is 11.5 Å². The average Bonchev–Trinajstić information content (AvgIpc) is 2.60. The summed E-state index contributed by atoms with van der Waals surface area (Å²) in [6.07, 6.45) is 1.99. The molecule has 2 rings (SSSR count). The molecule has 1 aliphatic rings. The minimum absolute atomic E-state index is 0. The molecule has 1 aromatic carbocycles. The van der Waals surface area contributed by atoms with Crippen molar-refractivity contribution < 1.29 is 19.0 Å². The summed E-state index contributed by atoms with van der Waals surface area (Å²) in [5, 5.41) is 6.39. The number of amides is 1. The van der Waals surface area contributed by atoms with E-state index < -0.39 is 0 Å². The van der Waals surface area contributed by atoms with Crippen molar-refractivity contribution in [1.82, 2.24) is 10.6 Å². The molecule has 0 spiro atoms. The molecule has 1 amide bonds. The largest absolute Gasteiger partial charge is 0.493 e. The first-order valence-corrected chi connectivity index (χ1v) is 7.84. The quantitative estimate of drug-likeness (QED) is 0.778. The van der Waals surface area contributed by atoms with Crippen LogP contribution in [0, 0.1) is 5.41 Å². The zero-order valence-electron chi connectivity index (χ0n) is 14.5. The summed E-state index contributed by atoms with van der Waals surface area (Å²) in [7, 11) is 4.84. The second-order valence-electron chi connectivity index (χ2n) is 5.94. The Morgan fingerprint density at radius 2 is 1.83 bits per heavy atom. The summed E-state index contributed by atoms with van der Waals surface area (Å²) < 4.78 is 15.8. The van der Waals surface area contributed by atoms with Crippen LogP contribution in [0.4, 0.5) is 0 Å². The van der Waals surface area contributed by atoms with E-state index in [1.807, 2.05) is 0 Å². The van der Waals surface area contributed by atoms with Gasteiger partial charge in [-0.3, -0.25) is 4.79 Å². The molecule has 7 heteroatoms. The Morgan fingerprint density at radius 3 is 2.42 bits per heavy atom. The number of benzene rings is 1. The molecule has 1 saturated heterocycles. The predicted molar refractivity (Wildman–Crippen MR) is 95.5 cm³/mol. The summed E-state index contributed by atoms with van der Waals surface area (Å²) >= 11 is 0. The van der Waals surface area contributed by atoms with Crippen LogP contribution in [0.25, 0.3) is 0 Å². The number of methoxy groups -OCH3 is 3. The van der Waals surface area contributed by atoms with Gasteiger partial charge in [-0.2, -0.15) is 0 Å². The van der Waals surface area contributed by atoms with Crippen LogP contribution < -0.4 is 20.1 Å². The highest BCUT2D eigenvalue weighted by atomic mass is 35.5. The first-order chi connectivity index (χ1) is 11.1. The van der Waals surface area contributed by atoms with Gasteiger partial charge in [0.05, 0.1) is 20.8 Å². The number of ether oxygens (including phenoxy) is 3. The monoisotopic (exact) mass is 358 g/mol. The molecular weight excluding hydrogens is 332 g/mol. The fourth-order valence-corrected chi connectivity index (χ4v) is 2.98. The third kappa shape index (κ3) is 5.00. The van der Waals surface area contributed by atoms with Crippen LogP contribution in [-0.2, 0) is 4.74 Å². The van der Waals surface area contributed by atoms with Crippen LogP contribution in [0.5, 0.6) is 11.5 Å². The van der Waals surface area contributed by atoms with Gasteiger partial charge in [0.1, 0.15) is 0 Å². The zero-order valence-corrected chi connectivity index (χ0v) is 15.3. The highest BCUT2D eigenvalue weighted by Gasteiger charge is 2.32. The van der Waals surface area contributed by atoms with E-state index in [0.29, 0.717) is 30.2 Å². The molecule has 136 valence electrons. The lowest BCUT2D eigenvalue weighted by atomic mass is 9.79. The fourth-order valence-electron chi connectivity index (χ4n) is 2.98. The first kappa shape index (κ1) is 20.5. The molecule has 0 radical (unpaired) electrons. The predicted octanol–water partition coefficient (Wildman–Crippen LogP) is 1.87. The summed E-state index contributed by atoms with van der Waals surface area (Å²) in [5.41, 5.74) is 0.566. The van der Waals surface area contributed by atoms with E-state index in [0.717, 1.165) is 25.9 Å². The molecule has 1 aromatic rings. The van der Waals surface area contributed by atoms with Crippen molar-refractivity contribution in [2.75, 3.05) is 47.6 Å². The minimum atomic E-state index is -0.111. The van der Waals surface area contributed by atoms with Crippen LogP contribution in [0.15, 0.2) is 18.2 Å². The van der Waals surface area contributed by atoms with Gasteiger partial charge < -0.3 is 24.8 Å². The molecule has 6 nitrogen and oxygen atoms in total. The van der Waals surface area contributed by atoms with Gasteiger partial charge in [-0.25, -0.2) is 0 Å². The first-order valence-electron chi connectivity index (χ1n) is 7.84. The van der Waals surface area contributed by atoms with Crippen molar-refractivity contribution in [1.29, 1.82) is 0 Å². The summed E-state index contributed by atoms with van der Waals surface area (Å²) in [6, 6.07) is 5.17. The average molecular weight is 359 g/mol. The standard InChI is InChI=1S/C17H26N2O4.ClH/c1-21-12-17(6-8-18-9-7-17)11-19-16(20)13-4-5-14(22-2)15(10-13)23-3;/h4-5,10,18H,6-9,11-12H2,1-3H3,(H,19,20);1H.